The number of aromatic nitrogens is 1. The predicted molar refractivity (Wildman–Crippen MR) is 63.5 cm³/mol. The lowest BCUT2D eigenvalue weighted by molar-refractivity contribution is 0.230. The number of hydrogen-bond acceptors (Lipinski definition) is 3. The highest BCUT2D eigenvalue weighted by molar-refractivity contribution is 5.74. The van der Waals surface area contributed by atoms with Gasteiger partial charge in [0.1, 0.15) is 0 Å². The fourth-order valence-corrected chi connectivity index (χ4v) is 2.15. The zero-order valence-electron chi connectivity index (χ0n) is 10.2. The predicted octanol–water partition coefficient (Wildman–Crippen LogP) is 2.11. The van der Waals surface area contributed by atoms with Crippen LogP contribution < -0.4 is 10.6 Å². The van der Waals surface area contributed by atoms with E-state index in [1.165, 1.54) is 19.3 Å². The number of carbonyl (C=O) groups excluding carboxylic acids is 1. The van der Waals surface area contributed by atoms with Crippen LogP contribution >= 0.6 is 0 Å². The van der Waals surface area contributed by atoms with Crippen LogP contribution in [-0.4, -0.2) is 17.2 Å². The fraction of sp³-hybridized carbons (Fsp3) is 0.667. The maximum Gasteiger partial charge on any atom is 0.315 e. The largest absolute Gasteiger partial charge is 0.359 e. The maximum absolute atomic E-state index is 11.6. The molecule has 1 aromatic heterocycles. The number of amides is 2. The molecule has 0 spiro atoms. The highest BCUT2D eigenvalue weighted by atomic mass is 16.5. The van der Waals surface area contributed by atoms with E-state index in [0.717, 1.165) is 18.5 Å². The van der Waals surface area contributed by atoms with Crippen molar-refractivity contribution in [1.29, 1.82) is 0 Å². The SMILES string of the molecule is Cc1cc(CNC(=O)NC2CCCCC2)on1. The van der Waals surface area contributed by atoms with Gasteiger partial charge in [-0.15, -0.1) is 0 Å². The second kappa shape index (κ2) is 5.70. The Hall–Kier alpha value is -1.52. The first kappa shape index (κ1) is 12.0. The molecular weight excluding hydrogens is 218 g/mol. The normalized spacial score (nSPS) is 16.8. The molecule has 1 heterocycles. The monoisotopic (exact) mass is 237 g/mol. The second-order valence-electron chi connectivity index (χ2n) is 4.60. The number of carbonyl (C=O) groups is 1. The Labute approximate surface area is 101 Å². The van der Waals surface area contributed by atoms with Gasteiger partial charge in [-0.25, -0.2) is 4.79 Å². The standard InChI is InChI=1S/C12H19N3O2/c1-9-7-11(17-15-9)8-13-12(16)14-10-5-3-2-4-6-10/h7,10H,2-6,8H2,1H3,(H2,13,14,16). The molecule has 17 heavy (non-hydrogen) atoms. The summed E-state index contributed by atoms with van der Waals surface area (Å²) in [6, 6.07) is 2.03. The van der Waals surface area contributed by atoms with E-state index >= 15 is 0 Å². The van der Waals surface area contributed by atoms with Gasteiger partial charge in [-0.05, 0) is 19.8 Å². The molecule has 0 aromatic carbocycles. The summed E-state index contributed by atoms with van der Waals surface area (Å²) in [6.07, 6.45) is 5.90. The molecule has 2 rings (SSSR count). The summed E-state index contributed by atoms with van der Waals surface area (Å²) in [5.74, 6) is 0.682. The Morgan fingerprint density at radius 3 is 2.88 bits per heavy atom. The minimum absolute atomic E-state index is 0.119. The third-order valence-corrected chi connectivity index (χ3v) is 3.04. The van der Waals surface area contributed by atoms with Gasteiger partial charge in [-0.3, -0.25) is 0 Å². The van der Waals surface area contributed by atoms with Crippen molar-refractivity contribution < 1.29 is 9.32 Å². The minimum atomic E-state index is -0.119. The van der Waals surface area contributed by atoms with Crippen molar-refractivity contribution in [2.24, 2.45) is 0 Å². The summed E-state index contributed by atoms with van der Waals surface area (Å²) in [4.78, 5) is 11.6. The van der Waals surface area contributed by atoms with Crippen molar-refractivity contribution in [3.63, 3.8) is 0 Å². The van der Waals surface area contributed by atoms with Crippen molar-refractivity contribution in [2.45, 2.75) is 51.6 Å². The molecular formula is C12H19N3O2. The van der Waals surface area contributed by atoms with Crippen LogP contribution in [0, 0.1) is 6.92 Å². The van der Waals surface area contributed by atoms with Crippen LogP contribution in [0.5, 0.6) is 0 Å². The molecule has 0 atom stereocenters. The number of urea groups is 1. The van der Waals surface area contributed by atoms with Crippen molar-refractivity contribution in [2.75, 3.05) is 0 Å². The number of rotatable bonds is 3. The molecule has 2 N–H and O–H groups in total. The Morgan fingerprint density at radius 2 is 2.24 bits per heavy atom. The Balaban J connectivity index is 1.70. The molecule has 1 aliphatic rings. The summed E-state index contributed by atoms with van der Waals surface area (Å²) in [5.41, 5.74) is 0.828. The first-order chi connectivity index (χ1) is 8.24. The highest BCUT2D eigenvalue weighted by Gasteiger charge is 2.15. The minimum Gasteiger partial charge on any atom is -0.359 e. The third kappa shape index (κ3) is 3.76. The van der Waals surface area contributed by atoms with E-state index in [2.05, 4.69) is 15.8 Å². The van der Waals surface area contributed by atoms with E-state index in [4.69, 9.17) is 4.52 Å². The van der Waals surface area contributed by atoms with Crippen LogP contribution in [-0.2, 0) is 6.54 Å². The Bertz CT molecular complexity index is 370. The molecule has 5 nitrogen and oxygen atoms in total. The average Bonchev–Trinajstić information content (AvgIpc) is 2.74. The van der Waals surface area contributed by atoms with Crippen molar-refractivity contribution >= 4 is 6.03 Å². The number of nitrogens with zero attached hydrogens (tertiary/aromatic N) is 1. The van der Waals surface area contributed by atoms with Crippen molar-refractivity contribution in [3.8, 4) is 0 Å². The topological polar surface area (TPSA) is 67.2 Å². The van der Waals surface area contributed by atoms with Gasteiger partial charge < -0.3 is 15.2 Å². The number of nitrogens with one attached hydrogen (secondary N) is 2. The molecule has 0 radical (unpaired) electrons. The van der Waals surface area contributed by atoms with E-state index in [0.29, 0.717) is 18.3 Å². The van der Waals surface area contributed by atoms with Gasteiger partial charge in [0.05, 0.1) is 12.2 Å². The lowest BCUT2D eigenvalue weighted by Gasteiger charge is -2.22. The zero-order chi connectivity index (χ0) is 12.1. The molecule has 1 fully saturated rings. The first-order valence-corrected chi connectivity index (χ1v) is 6.20. The molecule has 1 aromatic rings. The van der Waals surface area contributed by atoms with Crippen LogP contribution in [0.15, 0.2) is 10.6 Å². The molecule has 0 bridgehead atoms. The van der Waals surface area contributed by atoms with Crippen LogP contribution in [0.4, 0.5) is 4.79 Å². The van der Waals surface area contributed by atoms with Crippen molar-refractivity contribution in [1.82, 2.24) is 15.8 Å². The molecule has 5 heteroatoms. The summed E-state index contributed by atoms with van der Waals surface area (Å²) in [5, 5.41) is 9.52. The molecule has 1 saturated carbocycles. The Kier molecular flexibility index (Phi) is 4.01. The Morgan fingerprint density at radius 1 is 1.47 bits per heavy atom. The lowest BCUT2D eigenvalue weighted by Crippen LogP contribution is -2.42. The van der Waals surface area contributed by atoms with E-state index in [1.54, 1.807) is 0 Å². The zero-order valence-corrected chi connectivity index (χ0v) is 10.2. The third-order valence-electron chi connectivity index (χ3n) is 3.04. The van der Waals surface area contributed by atoms with Gasteiger partial charge in [-0.2, -0.15) is 0 Å². The van der Waals surface area contributed by atoms with Crippen LogP contribution in [0.25, 0.3) is 0 Å². The van der Waals surface area contributed by atoms with Gasteiger partial charge in [-0.1, -0.05) is 24.4 Å². The van der Waals surface area contributed by atoms with Gasteiger partial charge in [0.2, 0.25) is 0 Å². The van der Waals surface area contributed by atoms with Gasteiger partial charge in [0.25, 0.3) is 0 Å². The number of hydrogen-bond donors (Lipinski definition) is 2. The van der Waals surface area contributed by atoms with E-state index in [9.17, 15) is 4.79 Å². The summed E-state index contributed by atoms with van der Waals surface area (Å²) >= 11 is 0. The van der Waals surface area contributed by atoms with Gasteiger partial charge >= 0.3 is 6.03 Å². The summed E-state index contributed by atoms with van der Waals surface area (Å²) in [6.45, 7) is 2.24. The highest BCUT2D eigenvalue weighted by Crippen LogP contribution is 2.17. The average molecular weight is 237 g/mol. The van der Waals surface area contributed by atoms with Crippen LogP contribution in [0.1, 0.15) is 43.6 Å². The molecule has 94 valence electrons. The van der Waals surface area contributed by atoms with Crippen molar-refractivity contribution in [3.05, 3.63) is 17.5 Å². The quantitative estimate of drug-likeness (QED) is 0.846. The number of aryl methyl sites for hydroxylation is 1. The molecule has 0 unspecified atom stereocenters. The molecule has 2 amide bonds. The summed E-state index contributed by atoms with van der Waals surface area (Å²) in [7, 11) is 0. The summed E-state index contributed by atoms with van der Waals surface area (Å²) < 4.78 is 5.01. The molecule has 0 saturated heterocycles. The van der Waals surface area contributed by atoms with Crippen LogP contribution in [0.2, 0.25) is 0 Å². The van der Waals surface area contributed by atoms with Crippen LogP contribution in [0.3, 0.4) is 0 Å². The molecule has 1 aliphatic carbocycles. The van der Waals surface area contributed by atoms with E-state index in [-0.39, 0.29) is 6.03 Å². The maximum atomic E-state index is 11.6. The first-order valence-electron chi connectivity index (χ1n) is 6.20. The molecule has 0 aliphatic heterocycles. The lowest BCUT2D eigenvalue weighted by atomic mass is 9.96. The van der Waals surface area contributed by atoms with Gasteiger partial charge in [0.15, 0.2) is 5.76 Å². The van der Waals surface area contributed by atoms with E-state index < -0.39 is 0 Å². The van der Waals surface area contributed by atoms with E-state index in [1.807, 2.05) is 13.0 Å². The second-order valence-corrected chi connectivity index (χ2v) is 4.60. The smallest absolute Gasteiger partial charge is 0.315 e. The fourth-order valence-electron chi connectivity index (χ4n) is 2.15. The van der Waals surface area contributed by atoms with Gasteiger partial charge in [0, 0.05) is 12.1 Å².